The third-order valence-corrected chi connectivity index (χ3v) is 4.03. The van der Waals surface area contributed by atoms with E-state index in [1.165, 1.54) is 6.42 Å². The number of aromatic nitrogens is 1. The van der Waals surface area contributed by atoms with Crippen LogP contribution in [0.2, 0.25) is 0 Å². The van der Waals surface area contributed by atoms with E-state index < -0.39 is 23.8 Å². The number of esters is 1. The zero-order chi connectivity index (χ0) is 13.6. The van der Waals surface area contributed by atoms with Gasteiger partial charge in [0, 0.05) is 5.92 Å². The lowest BCUT2D eigenvalue weighted by molar-refractivity contribution is 0.0473. The fourth-order valence-corrected chi connectivity index (χ4v) is 3.17. The highest BCUT2D eigenvalue weighted by Gasteiger charge is 2.56. The Balaban J connectivity index is 1.87. The molecule has 104 valence electrons. The van der Waals surface area contributed by atoms with Crippen molar-refractivity contribution in [3.05, 3.63) is 17.3 Å². The molecule has 1 aromatic heterocycles. The number of carbonyl (C=O) groups is 1. The summed E-state index contributed by atoms with van der Waals surface area (Å²) in [6, 6.07) is 0. The second-order valence-electron chi connectivity index (χ2n) is 5.07. The van der Waals surface area contributed by atoms with Gasteiger partial charge in [-0.3, -0.25) is 0 Å². The first-order valence-corrected chi connectivity index (χ1v) is 6.59. The monoisotopic (exact) mass is 271 g/mol. The number of ether oxygens (including phenoxy) is 1. The summed E-state index contributed by atoms with van der Waals surface area (Å²) in [6.07, 6.45) is 0.543. The Hall–Kier alpha value is -1.46. The number of nitrogens with zero attached hydrogens (tertiary/aromatic N) is 1. The van der Waals surface area contributed by atoms with Crippen molar-refractivity contribution >= 4 is 5.97 Å². The zero-order valence-corrected chi connectivity index (χ0v) is 10.6. The van der Waals surface area contributed by atoms with Crippen LogP contribution in [0.1, 0.15) is 60.7 Å². The standard InChI is InChI=1S/C13H15F2NO3/c1-2-18-13(17)10-9(11(14)15)16-12(19-10)8-6-4-3-5-7(6)8/h6-8,11H,2-5H2,1H3. The number of hydrogen-bond acceptors (Lipinski definition) is 4. The van der Waals surface area contributed by atoms with Crippen molar-refractivity contribution < 1.29 is 22.7 Å². The van der Waals surface area contributed by atoms with E-state index in [4.69, 9.17) is 9.15 Å². The average molecular weight is 271 g/mol. The summed E-state index contributed by atoms with van der Waals surface area (Å²) in [4.78, 5) is 15.4. The van der Waals surface area contributed by atoms with Gasteiger partial charge < -0.3 is 9.15 Å². The summed E-state index contributed by atoms with van der Waals surface area (Å²) in [5, 5.41) is 0. The van der Waals surface area contributed by atoms with Crippen molar-refractivity contribution in [1.82, 2.24) is 4.98 Å². The molecule has 19 heavy (non-hydrogen) atoms. The van der Waals surface area contributed by atoms with Crippen LogP contribution < -0.4 is 0 Å². The Kier molecular flexibility index (Phi) is 3.03. The summed E-state index contributed by atoms with van der Waals surface area (Å²) in [7, 11) is 0. The first-order chi connectivity index (χ1) is 9.13. The largest absolute Gasteiger partial charge is 0.460 e. The molecule has 0 spiro atoms. The molecule has 4 nitrogen and oxygen atoms in total. The van der Waals surface area contributed by atoms with Gasteiger partial charge in [-0.25, -0.2) is 18.6 Å². The highest BCUT2D eigenvalue weighted by molar-refractivity contribution is 5.87. The quantitative estimate of drug-likeness (QED) is 0.788. The van der Waals surface area contributed by atoms with Gasteiger partial charge in [0.2, 0.25) is 5.76 Å². The molecule has 0 bridgehead atoms. The average Bonchev–Trinajstić information content (AvgIpc) is 2.81. The van der Waals surface area contributed by atoms with Crippen LogP contribution in [0.15, 0.2) is 4.42 Å². The van der Waals surface area contributed by atoms with Crippen molar-refractivity contribution in [2.45, 2.75) is 38.5 Å². The molecule has 2 saturated carbocycles. The van der Waals surface area contributed by atoms with Gasteiger partial charge in [-0.15, -0.1) is 0 Å². The Labute approximate surface area is 109 Å². The van der Waals surface area contributed by atoms with Crippen molar-refractivity contribution in [3.8, 4) is 0 Å². The Morgan fingerprint density at radius 3 is 2.74 bits per heavy atom. The van der Waals surface area contributed by atoms with E-state index in [9.17, 15) is 13.6 Å². The van der Waals surface area contributed by atoms with Gasteiger partial charge in [0.05, 0.1) is 6.61 Å². The van der Waals surface area contributed by atoms with Crippen LogP contribution in [0.5, 0.6) is 0 Å². The number of oxazole rings is 1. The van der Waals surface area contributed by atoms with E-state index >= 15 is 0 Å². The zero-order valence-electron chi connectivity index (χ0n) is 10.6. The van der Waals surface area contributed by atoms with Crippen molar-refractivity contribution in [2.75, 3.05) is 6.61 Å². The maximum Gasteiger partial charge on any atom is 0.376 e. The van der Waals surface area contributed by atoms with Crippen LogP contribution in [-0.4, -0.2) is 17.6 Å². The van der Waals surface area contributed by atoms with Crippen LogP contribution >= 0.6 is 0 Å². The first-order valence-electron chi connectivity index (χ1n) is 6.59. The molecule has 0 aliphatic heterocycles. The molecule has 2 fully saturated rings. The van der Waals surface area contributed by atoms with Crippen LogP contribution in [0.25, 0.3) is 0 Å². The minimum Gasteiger partial charge on any atom is -0.460 e. The molecule has 2 aliphatic carbocycles. The maximum absolute atomic E-state index is 12.9. The van der Waals surface area contributed by atoms with Crippen molar-refractivity contribution in [2.24, 2.45) is 11.8 Å². The molecule has 2 atom stereocenters. The van der Waals surface area contributed by atoms with E-state index in [1.807, 2.05) is 0 Å². The Morgan fingerprint density at radius 1 is 1.47 bits per heavy atom. The van der Waals surface area contributed by atoms with Crippen molar-refractivity contribution in [1.29, 1.82) is 0 Å². The van der Waals surface area contributed by atoms with Gasteiger partial charge in [0.1, 0.15) is 0 Å². The van der Waals surface area contributed by atoms with E-state index in [1.54, 1.807) is 6.92 Å². The highest BCUT2D eigenvalue weighted by Crippen LogP contribution is 2.63. The predicted molar refractivity (Wildman–Crippen MR) is 61.0 cm³/mol. The normalized spacial score (nSPS) is 28.5. The summed E-state index contributed by atoms with van der Waals surface area (Å²) in [5.74, 6) is 0.111. The summed E-state index contributed by atoms with van der Waals surface area (Å²) < 4.78 is 35.8. The minimum absolute atomic E-state index is 0.117. The second kappa shape index (κ2) is 4.58. The summed E-state index contributed by atoms with van der Waals surface area (Å²) in [6.45, 7) is 1.73. The summed E-state index contributed by atoms with van der Waals surface area (Å²) in [5.41, 5.74) is -0.585. The second-order valence-corrected chi connectivity index (χ2v) is 5.07. The molecular formula is C13H15F2NO3. The number of rotatable bonds is 4. The molecular weight excluding hydrogens is 256 g/mol. The highest BCUT2D eigenvalue weighted by atomic mass is 19.3. The smallest absolute Gasteiger partial charge is 0.376 e. The Morgan fingerprint density at radius 2 is 2.16 bits per heavy atom. The van der Waals surface area contributed by atoms with Gasteiger partial charge in [-0.2, -0.15) is 0 Å². The molecule has 2 aliphatic rings. The molecule has 3 rings (SSSR count). The van der Waals surface area contributed by atoms with E-state index in [0.29, 0.717) is 11.8 Å². The topological polar surface area (TPSA) is 52.3 Å². The molecule has 1 heterocycles. The fourth-order valence-electron chi connectivity index (χ4n) is 3.17. The molecule has 0 amide bonds. The molecule has 1 aromatic rings. The van der Waals surface area contributed by atoms with Crippen molar-refractivity contribution in [3.63, 3.8) is 0 Å². The fraction of sp³-hybridized carbons (Fsp3) is 0.692. The molecule has 6 heteroatoms. The molecule has 0 radical (unpaired) electrons. The molecule has 0 N–H and O–H groups in total. The lowest BCUT2D eigenvalue weighted by atomic mass is 10.1. The van der Waals surface area contributed by atoms with Gasteiger partial charge in [-0.1, -0.05) is 6.42 Å². The van der Waals surface area contributed by atoms with Crippen LogP contribution in [0.3, 0.4) is 0 Å². The first kappa shape index (κ1) is 12.6. The lowest BCUT2D eigenvalue weighted by Gasteiger charge is -1.99. The maximum atomic E-state index is 12.9. The Bertz CT molecular complexity index is 490. The van der Waals surface area contributed by atoms with Gasteiger partial charge in [0.15, 0.2) is 11.6 Å². The molecule has 2 unspecified atom stereocenters. The van der Waals surface area contributed by atoms with E-state index in [-0.39, 0.29) is 18.4 Å². The number of halogens is 2. The predicted octanol–water partition coefficient (Wildman–Crippen LogP) is 3.30. The SMILES string of the molecule is CCOC(=O)c1oc(C2C3CCCC32)nc1C(F)F. The van der Waals surface area contributed by atoms with Gasteiger partial charge >= 0.3 is 5.97 Å². The van der Waals surface area contributed by atoms with Gasteiger partial charge in [-0.05, 0) is 31.6 Å². The number of alkyl halides is 2. The van der Waals surface area contributed by atoms with E-state index in [0.717, 1.165) is 12.8 Å². The van der Waals surface area contributed by atoms with E-state index in [2.05, 4.69) is 4.98 Å². The number of carbonyl (C=O) groups excluding carboxylic acids is 1. The lowest BCUT2D eigenvalue weighted by Crippen LogP contribution is -2.06. The minimum atomic E-state index is -2.82. The third-order valence-electron chi connectivity index (χ3n) is 4.03. The molecule has 0 saturated heterocycles. The van der Waals surface area contributed by atoms with Crippen LogP contribution in [-0.2, 0) is 4.74 Å². The van der Waals surface area contributed by atoms with Crippen LogP contribution in [0, 0.1) is 11.8 Å². The third kappa shape index (κ3) is 2.03. The molecule has 0 aromatic carbocycles. The van der Waals surface area contributed by atoms with Gasteiger partial charge in [0.25, 0.3) is 6.43 Å². The van der Waals surface area contributed by atoms with Crippen LogP contribution in [0.4, 0.5) is 8.78 Å². The number of fused-ring (bicyclic) bond motifs is 1. The number of hydrogen-bond donors (Lipinski definition) is 0. The summed E-state index contributed by atoms with van der Waals surface area (Å²) >= 11 is 0.